The molecular formula is C7H8N2O2. The van der Waals surface area contributed by atoms with Crippen molar-refractivity contribution < 1.29 is 9.90 Å². The van der Waals surface area contributed by atoms with Crippen LogP contribution in [0.4, 0.5) is 0 Å². The minimum absolute atomic E-state index is 0.347. The molecule has 58 valence electrons. The first kappa shape index (κ1) is 7.65. The molecule has 11 heavy (non-hydrogen) atoms. The second-order valence-corrected chi connectivity index (χ2v) is 2.17. The molecule has 4 nitrogen and oxygen atoms in total. The number of aromatic nitrogens is 2. The van der Waals surface area contributed by atoms with Crippen LogP contribution < -0.4 is 0 Å². The van der Waals surface area contributed by atoms with Crippen molar-refractivity contribution in [3.8, 4) is 0 Å². The molecule has 1 rings (SSSR count). The predicted octanol–water partition coefficient (Wildman–Crippen LogP) is 0.665. The maximum Gasteiger partial charge on any atom is 0.313 e. The molecule has 0 radical (unpaired) electrons. The first-order chi connectivity index (χ1) is 5.22. The van der Waals surface area contributed by atoms with Gasteiger partial charge in [0.2, 0.25) is 0 Å². The van der Waals surface area contributed by atoms with Crippen molar-refractivity contribution in [2.45, 2.75) is 12.8 Å². The average Bonchev–Trinajstić information content (AvgIpc) is 2.05. The van der Waals surface area contributed by atoms with Gasteiger partial charge in [0.15, 0.2) is 0 Å². The topological polar surface area (TPSA) is 63.1 Å². The van der Waals surface area contributed by atoms with E-state index in [1.54, 1.807) is 13.0 Å². The van der Waals surface area contributed by atoms with E-state index >= 15 is 0 Å². The molecule has 1 atom stereocenters. The van der Waals surface area contributed by atoms with E-state index in [0.717, 1.165) is 0 Å². The Labute approximate surface area is 63.9 Å². The maximum atomic E-state index is 10.4. The standard InChI is InChI=1S/C7H8N2O2/c1-5(7(10)11)6-8-3-2-4-9-6/h2-5H,1H3,(H,10,11). The van der Waals surface area contributed by atoms with Crippen molar-refractivity contribution >= 4 is 5.97 Å². The van der Waals surface area contributed by atoms with Crippen LogP contribution in [0.25, 0.3) is 0 Å². The number of carbonyl (C=O) groups is 1. The smallest absolute Gasteiger partial charge is 0.313 e. The molecule has 1 aromatic heterocycles. The van der Waals surface area contributed by atoms with Gasteiger partial charge in [-0.05, 0) is 13.0 Å². The van der Waals surface area contributed by atoms with Gasteiger partial charge in [-0.25, -0.2) is 9.97 Å². The summed E-state index contributed by atoms with van der Waals surface area (Å²) in [5, 5.41) is 8.56. The lowest BCUT2D eigenvalue weighted by molar-refractivity contribution is -0.138. The lowest BCUT2D eigenvalue weighted by Crippen LogP contribution is -2.10. The van der Waals surface area contributed by atoms with Crippen LogP contribution >= 0.6 is 0 Å². The molecule has 0 spiro atoms. The Morgan fingerprint density at radius 1 is 1.55 bits per heavy atom. The Hall–Kier alpha value is -1.45. The van der Waals surface area contributed by atoms with Crippen molar-refractivity contribution in [2.24, 2.45) is 0 Å². The highest BCUT2D eigenvalue weighted by Crippen LogP contribution is 2.07. The van der Waals surface area contributed by atoms with Gasteiger partial charge in [-0.15, -0.1) is 0 Å². The molecular weight excluding hydrogens is 144 g/mol. The zero-order valence-electron chi connectivity index (χ0n) is 6.06. The van der Waals surface area contributed by atoms with Crippen molar-refractivity contribution in [1.82, 2.24) is 9.97 Å². The highest BCUT2D eigenvalue weighted by molar-refractivity contribution is 5.74. The van der Waals surface area contributed by atoms with E-state index in [0.29, 0.717) is 5.82 Å². The van der Waals surface area contributed by atoms with Crippen molar-refractivity contribution in [1.29, 1.82) is 0 Å². The Morgan fingerprint density at radius 2 is 2.09 bits per heavy atom. The normalized spacial score (nSPS) is 12.5. The Balaban J connectivity index is 2.85. The number of carboxylic acids is 1. The van der Waals surface area contributed by atoms with Crippen molar-refractivity contribution in [3.05, 3.63) is 24.3 Å². The summed E-state index contributed by atoms with van der Waals surface area (Å²) in [6.45, 7) is 1.55. The van der Waals surface area contributed by atoms with Gasteiger partial charge in [0.25, 0.3) is 0 Å². The number of aliphatic carboxylic acids is 1. The summed E-state index contributed by atoms with van der Waals surface area (Å²) in [4.78, 5) is 18.0. The second kappa shape index (κ2) is 3.09. The number of hydrogen-bond donors (Lipinski definition) is 1. The van der Waals surface area contributed by atoms with Gasteiger partial charge >= 0.3 is 5.97 Å². The van der Waals surface area contributed by atoms with Gasteiger partial charge in [0.05, 0.1) is 0 Å². The third-order valence-electron chi connectivity index (χ3n) is 1.34. The number of rotatable bonds is 2. The third-order valence-corrected chi connectivity index (χ3v) is 1.34. The Kier molecular flexibility index (Phi) is 2.15. The monoisotopic (exact) mass is 152 g/mol. The number of carboxylic acid groups (broad SMARTS) is 1. The lowest BCUT2D eigenvalue weighted by atomic mass is 10.2. The minimum Gasteiger partial charge on any atom is -0.481 e. The first-order valence-corrected chi connectivity index (χ1v) is 3.21. The highest BCUT2D eigenvalue weighted by atomic mass is 16.4. The second-order valence-electron chi connectivity index (χ2n) is 2.17. The molecule has 0 saturated carbocycles. The summed E-state index contributed by atoms with van der Waals surface area (Å²) in [5.41, 5.74) is 0. The van der Waals surface area contributed by atoms with Crippen LogP contribution in [-0.2, 0) is 4.79 Å². The average molecular weight is 152 g/mol. The predicted molar refractivity (Wildman–Crippen MR) is 38.1 cm³/mol. The van der Waals surface area contributed by atoms with Gasteiger partial charge in [0.1, 0.15) is 11.7 Å². The van der Waals surface area contributed by atoms with E-state index in [9.17, 15) is 4.79 Å². The molecule has 4 heteroatoms. The van der Waals surface area contributed by atoms with E-state index in [-0.39, 0.29) is 0 Å². The fraction of sp³-hybridized carbons (Fsp3) is 0.286. The molecule has 1 unspecified atom stereocenters. The molecule has 0 saturated heterocycles. The fourth-order valence-corrected chi connectivity index (χ4v) is 0.645. The minimum atomic E-state index is -0.906. The number of hydrogen-bond acceptors (Lipinski definition) is 3. The van der Waals surface area contributed by atoms with E-state index in [1.165, 1.54) is 12.4 Å². The Morgan fingerprint density at radius 3 is 2.55 bits per heavy atom. The van der Waals surface area contributed by atoms with Gasteiger partial charge in [-0.1, -0.05) is 0 Å². The van der Waals surface area contributed by atoms with Gasteiger partial charge in [-0.3, -0.25) is 4.79 Å². The molecule has 0 fully saturated rings. The van der Waals surface area contributed by atoms with Gasteiger partial charge < -0.3 is 5.11 Å². The zero-order chi connectivity index (χ0) is 8.27. The van der Waals surface area contributed by atoms with Crippen LogP contribution in [0.2, 0.25) is 0 Å². The maximum absolute atomic E-state index is 10.4. The van der Waals surface area contributed by atoms with Crippen LogP contribution in [0.3, 0.4) is 0 Å². The largest absolute Gasteiger partial charge is 0.481 e. The summed E-state index contributed by atoms with van der Waals surface area (Å²) in [6, 6.07) is 1.65. The van der Waals surface area contributed by atoms with Crippen LogP contribution in [0, 0.1) is 0 Å². The molecule has 1 heterocycles. The molecule has 0 aromatic carbocycles. The van der Waals surface area contributed by atoms with Crippen LogP contribution in [0.1, 0.15) is 18.7 Å². The summed E-state index contributed by atoms with van der Waals surface area (Å²) in [5.74, 6) is -1.19. The SMILES string of the molecule is CC(C(=O)O)c1ncccn1. The summed E-state index contributed by atoms with van der Waals surface area (Å²) in [7, 11) is 0. The molecule has 0 aliphatic rings. The van der Waals surface area contributed by atoms with E-state index in [4.69, 9.17) is 5.11 Å². The molecule has 1 aromatic rings. The van der Waals surface area contributed by atoms with E-state index < -0.39 is 11.9 Å². The van der Waals surface area contributed by atoms with Crippen LogP contribution in [0.15, 0.2) is 18.5 Å². The summed E-state index contributed by atoms with van der Waals surface area (Å²) in [6.07, 6.45) is 3.06. The molecule has 0 amide bonds. The number of nitrogens with zero attached hydrogens (tertiary/aromatic N) is 2. The lowest BCUT2D eigenvalue weighted by Gasteiger charge is -2.01. The van der Waals surface area contributed by atoms with Crippen molar-refractivity contribution in [2.75, 3.05) is 0 Å². The Bertz CT molecular complexity index is 248. The van der Waals surface area contributed by atoms with Crippen LogP contribution in [0.5, 0.6) is 0 Å². The highest BCUT2D eigenvalue weighted by Gasteiger charge is 2.15. The summed E-state index contributed by atoms with van der Waals surface area (Å²) >= 11 is 0. The summed E-state index contributed by atoms with van der Waals surface area (Å²) < 4.78 is 0. The first-order valence-electron chi connectivity index (χ1n) is 3.21. The quantitative estimate of drug-likeness (QED) is 0.676. The molecule has 0 aliphatic heterocycles. The molecule has 0 aliphatic carbocycles. The third kappa shape index (κ3) is 1.73. The molecule has 1 N–H and O–H groups in total. The van der Waals surface area contributed by atoms with Crippen molar-refractivity contribution in [3.63, 3.8) is 0 Å². The van der Waals surface area contributed by atoms with Crippen LogP contribution in [-0.4, -0.2) is 21.0 Å². The van der Waals surface area contributed by atoms with E-state index in [2.05, 4.69) is 9.97 Å². The van der Waals surface area contributed by atoms with E-state index in [1.807, 2.05) is 0 Å². The van der Waals surface area contributed by atoms with Gasteiger partial charge in [-0.2, -0.15) is 0 Å². The zero-order valence-corrected chi connectivity index (χ0v) is 6.06. The molecule has 0 bridgehead atoms. The van der Waals surface area contributed by atoms with Gasteiger partial charge in [0, 0.05) is 12.4 Å². The fourth-order valence-electron chi connectivity index (χ4n) is 0.645.